The molecule has 33 heavy (non-hydrogen) atoms. The van der Waals surface area contributed by atoms with Gasteiger partial charge < -0.3 is 10.2 Å². The van der Waals surface area contributed by atoms with E-state index in [0.717, 1.165) is 55.7 Å². The second kappa shape index (κ2) is 10.2. The minimum atomic E-state index is 0.289. The number of pyridine rings is 1. The molecule has 1 fully saturated rings. The van der Waals surface area contributed by atoms with Crippen LogP contribution < -0.4 is 10.2 Å². The maximum atomic E-state index is 6.20. The van der Waals surface area contributed by atoms with Crippen LogP contribution in [0.1, 0.15) is 5.56 Å². The number of fused-ring (bicyclic) bond motifs is 1. The third kappa shape index (κ3) is 5.47. The Kier molecular flexibility index (Phi) is 6.75. The zero-order chi connectivity index (χ0) is 22.5. The highest BCUT2D eigenvalue weighted by Crippen LogP contribution is 2.26. The van der Waals surface area contributed by atoms with Gasteiger partial charge in [-0.15, -0.1) is 0 Å². The summed E-state index contributed by atoms with van der Waals surface area (Å²) in [6.45, 7) is 5.23. The van der Waals surface area contributed by atoms with Crippen molar-refractivity contribution in [1.82, 2.24) is 9.88 Å². The van der Waals surface area contributed by atoms with Crippen molar-refractivity contribution in [3.05, 3.63) is 102 Å². The van der Waals surface area contributed by atoms with Crippen molar-refractivity contribution in [2.75, 3.05) is 42.9 Å². The summed E-state index contributed by atoms with van der Waals surface area (Å²) in [7, 11) is 0. The van der Waals surface area contributed by atoms with E-state index in [1.165, 1.54) is 11.3 Å². The standard InChI is InChI=1S/C28H29ClN4/c29-23-11-12-26-27(13-14-30-28(26)20-23)31-24(19-22-7-3-1-4-8-22)21-32-15-17-33(18-16-32)25-9-5-2-6-10-25/h1-14,20,24H,15-19,21H2,(H,30,31). The van der Waals surface area contributed by atoms with Crippen LogP contribution in [0.5, 0.6) is 0 Å². The monoisotopic (exact) mass is 456 g/mol. The Hall–Kier alpha value is -3.08. The van der Waals surface area contributed by atoms with Crippen LogP contribution in [-0.4, -0.2) is 48.6 Å². The quantitative estimate of drug-likeness (QED) is 0.384. The summed E-state index contributed by atoms with van der Waals surface area (Å²) in [5.74, 6) is 0. The third-order valence-electron chi connectivity index (χ3n) is 6.36. The topological polar surface area (TPSA) is 31.4 Å². The number of hydrogen-bond donors (Lipinski definition) is 1. The molecule has 0 spiro atoms. The van der Waals surface area contributed by atoms with E-state index in [9.17, 15) is 0 Å². The SMILES string of the molecule is Clc1ccc2c(NC(Cc3ccccc3)CN3CCN(c4ccccc4)CC3)ccnc2c1. The molecule has 1 aromatic heterocycles. The molecule has 1 N–H and O–H groups in total. The molecule has 5 heteroatoms. The van der Waals surface area contributed by atoms with Gasteiger partial charge in [-0.05, 0) is 48.4 Å². The number of benzene rings is 3. The molecule has 1 aliphatic heterocycles. The molecule has 168 valence electrons. The Balaban J connectivity index is 1.31. The molecule has 2 heterocycles. The number of hydrogen-bond acceptors (Lipinski definition) is 4. The first-order valence-corrected chi connectivity index (χ1v) is 12.0. The normalized spacial score (nSPS) is 15.5. The number of piperazine rings is 1. The van der Waals surface area contributed by atoms with E-state index < -0.39 is 0 Å². The second-order valence-electron chi connectivity index (χ2n) is 8.67. The molecule has 5 rings (SSSR count). The van der Waals surface area contributed by atoms with Crippen molar-refractivity contribution < 1.29 is 0 Å². The summed E-state index contributed by atoms with van der Waals surface area (Å²) in [6, 6.07) is 29.8. The third-order valence-corrected chi connectivity index (χ3v) is 6.60. The number of halogens is 1. The number of aromatic nitrogens is 1. The zero-order valence-corrected chi connectivity index (χ0v) is 19.5. The Labute approximate surface area is 200 Å². The zero-order valence-electron chi connectivity index (χ0n) is 18.7. The summed E-state index contributed by atoms with van der Waals surface area (Å²) >= 11 is 6.20. The van der Waals surface area contributed by atoms with Crippen molar-refractivity contribution in [3.63, 3.8) is 0 Å². The number of nitrogens with zero attached hydrogens (tertiary/aromatic N) is 3. The van der Waals surface area contributed by atoms with Crippen LogP contribution in [0.3, 0.4) is 0 Å². The van der Waals surface area contributed by atoms with Gasteiger partial charge in [0.25, 0.3) is 0 Å². The van der Waals surface area contributed by atoms with Crippen LogP contribution in [0.15, 0.2) is 91.1 Å². The molecule has 1 aliphatic rings. The highest BCUT2D eigenvalue weighted by molar-refractivity contribution is 6.31. The van der Waals surface area contributed by atoms with Crippen LogP contribution in [-0.2, 0) is 6.42 Å². The molecule has 0 saturated carbocycles. The van der Waals surface area contributed by atoms with Crippen LogP contribution >= 0.6 is 11.6 Å². The summed E-state index contributed by atoms with van der Waals surface area (Å²) in [4.78, 5) is 9.57. The lowest BCUT2D eigenvalue weighted by Crippen LogP contribution is -2.50. The highest BCUT2D eigenvalue weighted by atomic mass is 35.5. The molecular formula is C28H29ClN4. The van der Waals surface area contributed by atoms with E-state index in [1.807, 2.05) is 18.3 Å². The minimum Gasteiger partial charge on any atom is -0.380 e. The lowest BCUT2D eigenvalue weighted by molar-refractivity contribution is 0.247. The number of para-hydroxylation sites is 1. The first-order chi connectivity index (χ1) is 16.2. The van der Waals surface area contributed by atoms with E-state index in [-0.39, 0.29) is 6.04 Å². The maximum Gasteiger partial charge on any atom is 0.0737 e. The van der Waals surface area contributed by atoms with Crippen molar-refractivity contribution in [2.24, 2.45) is 0 Å². The van der Waals surface area contributed by atoms with E-state index in [2.05, 4.69) is 92.9 Å². The molecule has 3 aromatic carbocycles. The largest absolute Gasteiger partial charge is 0.380 e. The lowest BCUT2D eigenvalue weighted by Gasteiger charge is -2.38. The van der Waals surface area contributed by atoms with Gasteiger partial charge in [-0.1, -0.05) is 60.1 Å². The Morgan fingerprint density at radius 1 is 0.848 bits per heavy atom. The van der Waals surface area contributed by atoms with Gasteiger partial charge in [0.2, 0.25) is 0 Å². The molecule has 4 aromatic rings. The second-order valence-corrected chi connectivity index (χ2v) is 9.11. The van der Waals surface area contributed by atoms with Gasteiger partial charge in [0.05, 0.1) is 5.52 Å². The van der Waals surface area contributed by atoms with Crippen molar-refractivity contribution >= 4 is 33.9 Å². The van der Waals surface area contributed by atoms with Gasteiger partial charge in [-0.3, -0.25) is 9.88 Å². The van der Waals surface area contributed by atoms with Gasteiger partial charge in [-0.25, -0.2) is 0 Å². The summed E-state index contributed by atoms with van der Waals surface area (Å²) in [5.41, 5.74) is 4.69. The van der Waals surface area contributed by atoms with Gasteiger partial charge in [0, 0.05) is 66.7 Å². The van der Waals surface area contributed by atoms with Gasteiger partial charge >= 0.3 is 0 Å². The fourth-order valence-electron chi connectivity index (χ4n) is 4.67. The maximum absolute atomic E-state index is 6.20. The van der Waals surface area contributed by atoms with E-state index in [4.69, 9.17) is 11.6 Å². The average Bonchev–Trinajstić information content (AvgIpc) is 2.85. The molecule has 4 nitrogen and oxygen atoms in total. The van der Waals surface area contributed by atoms with Gasteiger partial charge in [0.15, 0.2) is 0 Å². The van der Waals surface area contributed by atoms with E-state index in [1.54, 1.807) is 0 Å². The van der Waals surface area contributed by atoms with Crippen LogP contribution in [0.2, 0.25) is 5.02 Å². The Morgan fingerprint density at radius 3 is 2.33 bits per heavy atom. The number of anilines is 2. The molecule has 0 amide bonds. The van der Waals surface area contributed by atoms with E-state index in [0.29, 0.717) is 5.02 Å². The van der Waals surface area contributed by atoms with Crippen molar-refractivity contribution in [2.45, 2.75) is 12.5 Å². The summed E-state index contributed by atoms with van der Waals surface area (Å²) < 4.78 is 0. The number of nitrogens with one attached hydrogen (secondary N) is 1. The van der Waals surface area contributed by atoms with Crippen LogP contribution in [0, 0.1) is 0 Å². The van der Waals surface area contributed by atoms with Gasteiger partial charge in [-0.2, -0.15) is 0 Å². The predicted molar refractivity (Wildman–Crippen MR) is 139 cm³/mol. The van der Waals surface area contributed by atoms with Gasteiger partial charge in [0.1, 0.15) is 0 Å². The Morgan fingerprint density at radius 2 is 1.58 bits per heavy atom. The lowest BCUT2D eigenvalue weighted by atomic mass is 10.0. The Bertz CT molecular complexity index is 1170. The predicted octanol–water partition coefficient (Wildman–Crippen LogP) is 5.73. The first kappa shape index (κ1) is 21.7. The highest BCUT2D eigenvalue weighted by Gasteiger charge is 2.21. The molecule has 1 unspecified atom stereocenters. The average molecular weight is 457 g/mol. The molecule has 0 bridgehead atoms. The number of rotatable bonds is 7. The smallest absolute Gasteiger partial charge is 0.0737 e. The fraction of sp³-hybridized carbons (Fsp3) is 0.250. The summed E-state index contributed by atoms with van der Waals surface area (Å²) in [5, 5.41) is 5.66. The van der Waals surface area contributed by atoms with Crippen molar-refractivity contribution in [1.29, 1.82) is 0 Å². The molecule has 1 saturated heterocycles. The van der Waals surface area contributed by atoms with Crippen LogP contribution in [0.4, 0.5) is 11.4 Å². The fourth-order valence-corrected chi connectivity index (χ4v) is 4.83. The first-order valence-electron chi connectivity index (χ1n) is 11.6. The molecule has 1 atom stereocenters. The molecule has 0 radical (unpaired) electrons. The summed E-state index contributed by atoms with van der Waals surface area (Å²) in [6.07, 6.45) is 2.83. The van der Waals surface area contributed by atoms with E-state index >= 15 is 0 Å². The molecule has 0 aliphatic carbocycles. The van der Waals surface area contributed by atoms with Crippen molar-refractivity contribution in [3.8, 4) is 0 Å². The van der Waals surface area contributed by atoms with Crippen LogP contribution in [0.25, 0.3) is 10.9 Å². The minimum absolute atomic E-state index is 0.289. The molecular weight excluding hydrogens is 428 g/mol.